The van der Waals surface area contributed by atoms with Gasteiger partial charge in [-0.3, -0.25) is 9.59 Å². The van der Waals surface area contributed by atoms with Gasteiger partial charge in [0, 0.05) is 7.05 Å². The van der Waals surface area contributed by atoms with E-state index >= 15 is 0 Å². The fourth-order valence-electron chi connectivity index (χ4n) is 2.28. The molecular formula is C18H14F6N2O2. The minimum Gasteiger partial charge on any atom is -0.336 e. The van der Waals surface area contributed by atoms with Gasteiger partial charge in [0.15, 0.2) is 17.5 Å². The SMILES string of the molecule is CN(CC(=O)Nc1ccc(F)c(F)c1F)C(=O)Cc1cccc(C(F)(F)F)c1. The van der Waals surface area contributed by atoms with Crippen molar-refractivity contribution < 1.29 is 35.9 Å². The van der Waals surface area contributed by atoms with Crippen LogP contribution in [-0.2, 0) is 22.2 Å². The fraction of sp³-hybridized carbons (Fsp3) is 0.222. The molecule has 0 saturated heterocycles. The molecule has 2 rings (SSSR count). The summed E-state index contributed by atoms with van der Waals surface area (Å²) in [5, 5.41) is 1.99. The van der Waals surface area contributed by atoms with E-state index in [-0.39, 0.29) is 5.56 Å². The molecule has 0 heterocycles. The van der Waals surface area contributed by atoms with Crippen LogP contribution >= 0.6 is 0 Å². The van der Waals surface area contributed by atoms with Crippen LogP contribution in [0.4, 0.5) is 32.0 Å². The topological polar surface area (TPSA) is 49.4 Å². The second-order valence-electron chi connectivity index (χ2n) is 5.90. The van der Waals surface area contributed by atoms with Crippen LogP contribution in [-0.4, -0.2) is 30.3 Å². The summed E-state index contributed by atoms with van der Waals surface area (Å²) in [6.45, 7) is -0.573. The molecule has 0 spiro atoms. The molecule has 0 aliphatic carbocycles. The molecule has 2 aromatic carbocycles. The van der Waals surface area contributed by atoms with E-state index in [9.17, 15) is 35.9 Å². The minimum absolute atomic E-state index is 0.0960. The number of rotatable bonds is 5. The van der Waals surface area contributed by atoms with E-state index in [1.807, 2.05) is 5.32 Å². The maximum atomic E-state index is 13.5. The predicted octanol–water partition coefficient (Wildman–Crippen LogP) is 3.76. The summed E-state index contributed by atoms with van der Waals surface area (Å²) in [7, 11) is 1.22. The number of hydrogen-bond acceptors (Lipinski definition) is 2. The van der Waals surface area contributed by atoms with Crippen molar-refractivity contribution in [3.8, 4) is 0 Å². The van der Waals surface area contributed by atoms with Crippen molar-refractivity contribution in [2.45, 2.75) is 12.6 Å². The van der Waals surface area contributed by atoms with E-state index in [0.29, 0.717) is 6.07 Å². The Balaban J connectivity index is 1.99. The van der Waals surface area contributed by atoms with Gasteiger partial charge in [0.05, 0.1) is 24.2 Å². The van der Waals surface area contributed by atoms with Crippen molar-refractivity contribution in [2.75, 3.05) is 18.9 Å². The summed E-state index contributed by atoms with van der Waals surface area (Å²) in [6.07, 6.45) is -4.95. The number of halogens is 6. The Hall–Kier alpha value is -3.04. The van der Waals surface area contributed by atoms with Gasteiger partial charge in [-0.25, -0.2) is 13.2 Å². The lowest BCUT2D eigenvalue weighted by atomic mass is 10.1. The number of anilines is 1. The number of carbonyl (C=O) groups excluding carboxylic acids is 2. The molecule has 0 aliphatic rings. The van der Waals surface area contributed by atoms with E-state index in [0.717, 1.165) is 29.2 Å². The van der Waals surface area contributed by atoms with Gasteiger partial charge in [-0.15, -0.1) is 0 Å². The molecule has 28 heavy (non-hydrogen) atoms. The van der Waals surface area contributed by atoms with Crippen LogP contribution < -0.4 is 5.32 Å². The number of benzene rings is 2. The first kappa shape index (κ1) is 21.3. The van der Waals surface area contributed by atoms with E-state index in [2.05, 4.69) is 0 Å². The van der Waals surface area contributed by atoms with Crippen molar-refractivity contribution in [3.05, 3.63) is 65.0 Å². The smallest absolute Gasteiger partial charge is 0.336 e. The van der Waals surface area contributed by atoms with Crippen molar-refractivity contribution in [2.24, 2.45) is 0 Å². The van der Waals surface area contributed by atoms with Gasteiger partial charge >= 0.3 is 6.18 Å². The van der Waals surface area contributed by atoms with Crippen LogP contribution in [0.25, 0.3) is 0 Å². The summed E-state index contributed by atoms with van der Waals surface area (Å²) in [5.74, 6) is -6.34. The van der Waals surface area contributed by atoms with E-state index in [1.165, 1.54) is 13.1 Å². The lowest BCUT2D eigenvalue weighted by molar-refractivity contribution is -0.137. The highest BCUT2D eigenvalue weighted by molar-refractivity contribution is 5.94. The summed E-state index contributed by atoms with van der Waals surface area (Å²) in [6, 6.07) is 5.61. The Morgan fingerprint density at radius 1 is 1.04 bits per heavy atom. The lowest BCUT2D eigenvalue weighted by Crippen LogP contribution is -2.36. The molecule has 1 N–H and O–H groups in total. The number of amides is 2. The molecule has 2 amide bonds. The van der Waals surface area contributed by atoms with E-state index in [1.54, 1.807) is 0 Å². The zero-order chi connectivity index (χ0) is 21.1. The quantitative estimate of drug-likeness (QED) is 0.610. The monoisotopic (exact) mass is 404 g/mol. The highest BCUT2D eigenvalue weighted by Gasteiger charge is 2.30. The molecule has 0 bridgehead atoms. The van der Waals surface area contributed by atoms with Gasteiger partial charge in [0.1, 0.15) is 0 Å². The van der Waals surface area contributed by atoms with Crippen molar-refractivity contribution in [1.82, 2.24) is 4.90 Å². The third kappa shape index (κ3) is 5.24. The van der Waals surface area contributed by atoms with Gasteiger partial charge in [-0.1, -0.05) is 18.2 Å². The number of nitrogens with zero attached hydrogens (tertiary/aromatic N) is 1. The Morgan fingerprint density at radius 3 is 2.36 bits per heavy atom. The average Bonchev–Trinajstić information content (AvgIpc) is 2.61. The average molecular weight is 404 g/mol. The second-order valence-corrected chi connectivity index (χ2v) is 5.90. The molecule has 0 unspecified atom stereocenters. The lowest BCUT2D eigenvalue weighted by Gasteiger charge is -2.17. The molecule has 4 nitrogen and oxygen atoms in total. The Morgan fingerprint density at radius 2 is 1.71 bits per heavy atom. The summed E-state index contributed by atoms with van der Waals surface area (Å²) in [4.78, 5) is 24.9. The Labute approximate surface area is 155 Å². The highest BCUT2D eigenvalue weighted by atomic mass is 19.4. The normalized spacial score (nSPS) is 11.2. The third-order valence-corrected chi connectivity index (χ3v) is 3.73. The minimum atomic E-state index is -4.56. The number of likely N-dealkylation sites (N-methyl/N-ethyl adjacent to an activating group) is 1. The zero-order valence-corrected chi connectivity index (χ0v) is 14.4. The standard InChI is InChI=1S/C18H14F6N2O2/c1-26(9-14(27)25-13-6-5-12(19)16(20)17(13)21)15(28)8-10-3-2-4-11(7-10)18(22,23)24/h2-7H,8-9H2,1H3,(H,25,27). The molecular weight excluding hydrogens is 390 g/mol. The molecule has 150 valence electrons. The highest BCUT2D eigenvalue weighted by Crippen LogP contribution is 2.29. The van der Waals surface area contributed by atoms with Crippen molar-refractivity contribution in [1.29, 1.82) is 0 Å². The van der Waals surface area contributed by atoms with Crippen LogP contribution in [0, 0.1) is 17.5 Å². The van der Waals surface area contributed by atoms with Crippen LogP contribution in [0.5, 0.6) is 0 Å². The van der Waals surface area contributed by atoms with Gasteiger partial charge in [-0.2, -0.15) is 13.2 Å². The first-order chi connectivity index (χ1) is 13.0. The largest absolute Gasteiger partial charge is 0.416 e. The van der Waals surface area contributed by atoms with E-state index < -0.39 is 59.7 Å². The zero-order valence-electron chi connectivity index (χ0n) is 14.4. The van der Waals surface area contributed by atoms with Crippen molar-refractivity contribution >= 4 is 17.5 Å². The number of hydrogen-bond donors (Lipinski definition) is 1. The molecule has 0 radical (unpaired) electrons. The van der Waals surface area contributed by atoms with Gasteiger partial charge in [-0.05, 0) is 23.8 Å². The first-order valence-electron chi connectivity index (χ1n) is 7.82. The molecule has 2 aromatic rings. The summed E-state index contributed by atoms with van der Waals surface area (Å²) in [5.41, 5.74) is -1.42. The molecule has 0 aliphatic heterocycles. The first-order valence-corrected chi connectivity index (χ1v) is 7.82. The van der Waals surface area contributed by atoms with Crippen molar-refractivity contribution in [3.63, 3.8) is 0 Å². The van der Waals surface area contributed by atoms with Crippen LogP contribution in [0.2, 0.25) is 0 Å². The molecule has 0 fully saturated rings. The number of alkyl halides is 3. The number of carbonyl (C=O) groups is 2. The van der Waals surface area contributed by atoms with Crippen LogP contribution in [0.3, 0.4) is 0 Å². The predicted molar refractivity (Wildman–Crippen MR) is 87.7 cm³/mol. The third-order valence-electron chi connectivity index (χ3n) is 3.73. The van der Waals surface area contributed by atoms with Crippen LogP contribution in [0.1, 0.15) is 11.1 Å². The summed E-state index contributed by atoms with van der Waals surface area (Å²) >= 11 is 0. The second kappa shape index (κ2) is 8.32. The number of nitrogens with one attached hydrogen (secondary N) is 1. The fourth-order valence-corrected chi connectivity index (χ4v) is 2.28. The maximum Gasteiger partial charge on any atom is 0.416 e. The van der Waals surface area contributed by atoms with Gasteiger partial charge in [0.25, 0.3) is 0 Å². The van der Waals surface area contributed by atoms with Crippen LogP contribution in [0.15, 0.2) is 36.4 Å². The Bertz CT molecular complexity index is 898. The maximum absolute atomic E-state index is 13.5. The van der Waals surface area contributed by atoms with E-state index in [4.69, 9.17) is 0 Å². The van der Waals surface area contributed by atoms with Gasteiger partial charge < -0.3 is 10.2 Å². The molecule has 10 heteroatoms. The molecule has 0 atom stereocenters. The Kier molecular flexibility index (Phi) is 6.32. The summed E-state index contributed by atoms with van der Waals surface area (Å²) < 4.78 is 77.7. The molecule has 0 saturated carbocycles. The van der Waals surface area contributed by atoms with Gasteiger partial charge in [0.2, 0.25) is 11.8 Å². The molecule has 0 aromatic heterocycles.